The first kappa shape index (κ1) is 15.2. The molecule has 1 aromatic carbocycles. The molecule has 1 aliphatic rings. The molecule has 112 valence electrons. The summed E-state index contributed by atoms with van der Waals surface area (Å²) in [6, 6.07) is 7.98. The Hall–Kier alpha value is -1.22. The fourth-order valence-corrected chi connectivity index (χ4v) is 2.82. The van der Waals surface area contributed by atoms with Crippen LogP contribution in [0.3, 0.4) is 0 Å². The summed E-state index contributed by atoms with van der Waals surface area (Å²) in [5.74, 6) is 2.19. The van der Waals surface area contributed by atoms with Gasteiger partial charge in [0.15, 0.2) is 11.5 Å². The van der Waals surface area contributed by atoms with Crippen molar-refractivity contribution in [2.24, 2.45) is 11.7 Å². The van der Waals surface area contributed by atoms with E-state index in [2.05, 4.69) is 6.92 Å². The third kappa shape index (κ3) is 4.14. The van der Waals surface area contributed by atoms with Gasteiger partial charge in [0.25, 0.3) is 0 Å². The van der Waals surface area contributed by atoms with Gasteiger partial charge in [-0.05, 0) is 44.4 Å². The normalized spacial score (nSPS) is 23.1. The van der Waals surface area contributed by atoms with Crippen LogP contribution in [0, 0.1) is 5.92 Å². The second kappa shape index (κ2) is 8.15. The van der Waals surface area contributed by atoms with Gasteiger partial charge in [-0.15, -0.1) is 0 Å². The third-order valence-electron chi connectivity index (χ3n) is 3.98. The van der Waals surface area contributed by atoms with Crippen molar-refractivity contribution >= 4 is 0 Å². The molecule has 2 atom stereocenters. The topological polar surface area (TPSA) is 44.5 Å². The van der Waals surface area contributed by atoms with Crippen LogP contribution >= 0.6 is 0 Å². The molecular formula is C17H27NO2. The molecule has 2 rings (SSSR count). The van der Waals surface area contributed by atoms with E-state index < -0.39 is 0 Å². The monoisotopic (exact) mass is 277 g/mol. The SMILES string of the molecule is CCCOc1ccccc1OC1CCCCCC1CN. The van der Waals surface area contributed by atoms with Crippen molar-refractivity contribution in [2.45, 2.75) is 51.6 Å². The molecule has 0 spiro atoms. The van der Waals surface area contributed by atoms with E-state index in [0.29, 0.717) is 12.5 Å². The predicted molar refractivity (Wildman–Crippen MR) is 82.3 cm³/mol. The van der Waals surface area contributed by atoms with Crippen LogP contribution in [0.2, 0.25) is 0 Å². The quantitative estimate of drug-likeness (QED) is 0.805. The fourth-order valence-electron chi connectivity index (χ4n) is 2.82. The number of rotatable bonds is 6. The largest absolute Gasteiger partial charge is 0.490 e. The highest BCUT2D eigenvalue weighted by atomic mass is 16.5. The van der Waals surface area contributed by atoms with Gasteiger partial charge >= 0.3 is 0 Å². The van der Waals surface area contributed by atoms with Gasteiger partial charge in [-0.1, -0.05) is 31.9 Å². The van der Waals surface area contributed by atoms with Gasteiger partial charge in [0, 0.05) is 5.92 Å². The van der Waals surface area contributed by atoms with Gasteiger partial charge in [-0.3, -0.25) is 0 Å². The van der Waals surface area contributed by atoms with E-state index in [1.165, 1.54) is 25.7 Å². The molecule has 2 N–H and O–H groups in total. The van der Waals surface area contributed by atoms with Crippen molar-refractivity contribution < 1.29 is 9.47 Å². The lowest BCUT2D eigenvalue weighted by atomic mass is 9.97. The summed E-state index contributed by atoms with van der Waals surface area (Å²) in [7, 11) is 0. The number of benzene rings is 1. The number of nitrogens with two attached hydrogens (primary N) is 1. The van der Waals surface area contributed by atoms with Crippen LogP contribution in [0.1, 0.15) is 45.4 Å². The highest BCUT2D eigenvalue weighted by Gasteiger charge is 2.25. The van der Waals surface area contributed by atoms with Crippen LogP contribution in [-0.2, 0) is 0 Å². The first-order valence-corrected chi connectivity index (χ1v) is 7.93. The lowest BCUT2D eigenvalue weighted by Crippen LogP contribution is -2.31. The second-order valence-electron chi connectivity index (χ2n) is 5.59. The van der Waals surface area contributed by atoms with Gasteiger partial charge in [0.2, 0.25) is 0 Å². The molecule has 0 bridgehead atoms. The van der Waals surface area contributed by atoms with Crippen molar-refractivity contribution in [2.75, 3.05) is 13.2 Å². The molecule has 0 aromatic heterocycles. The fraction of sp³-hybridized carbons (Fsp3) is 0.647. The van der Waals surface area contributed by atoms with Crippen LogP contribution in [0.15, 0.2) is 24.3 Å². The Kier molecular flexibility index (Phi) is 6.19. The molecule has 1 saturated carbocycles. The summed E-state index contributed by atoms with van der Waals surface area (Å²) in [4.78, 5) is 0. The Labute approximate surface area is 122 Å². The lowest BCUT2D eigenvalue weighted by Gasteiger charge is -2.26. The van der Waals surface area contributed by atoms with Crippen molar-refractivity contribution in [3.05, 3.63) is 24.3 Å². The molecule has 3 heteroatoms. The highest BCUT2D eigenvalue weighted by molar-refractivity contribution is 5.39. The highest BCUT2D eigenvalue weighted by Crippen LogP contribution is 2.32. The maximum Gasteiger partial charge on any atom is 0.161 e. The minimum atomic E-state index is 0.230. The molecule has 2 unspecified atom stereocenters. The zero-order valence-corrected chi connectivity index (χ0v) is 12.5. The molecule has 0 heterocycles. The second-order valence-corrected chi connectivity index (χ2v) is 5.59. The van der Waals surface area contributed by atoms with Crippen LogP contribution in [-0.4, -0.2) is 19.3 Å². The molecule has 1 fully saturated rings. The molecule has 1 aliphatic carbocycles. The summed E-state index contributed by atoms with van der Waals surface area (Å²) in [6.45, 7) is 3.55. The van der Waals surface area contributed by atoms with Crippen molar-refractivity contribution in [1.29, 1.82) is 0 Å². The Morgan fingerprint density at radius 2 is 1.85 bits per heavy atom. The molecule has 0 aliphatic heterocycles. The number of hydrogen-bond donors (Lipinski definition) is 1. The Morgan fingerprint density at radius 3 is 2.60 bits per heavy atom. The van der Waals surface area contributed by atoms with E-state index in [-0.39, 0.29) is 6.10 Å². The third-order valence-corrected chi connectivity index (χ3v) is 3.98. The minimum Gasteiger partial charge on any atom is -0.490 e. The summed E-state index contributed by atoms with van der Waals surface area (Å²) in [5.41, 5.74) is 5.92. The average Bonchev–Trinajstić information content (AvgIpc) is 2.71. The van der Waals surface area contributed by atoms with Gasteiger partial charge in [0.1, 0.15) is 6.10 Å². The van der Waals surface area contributed by atoms with Crippen molar-refractivity contribution in [3.8, 4) is 11.5 Å². The number of para-hydroxylation sites is 2. The molecular weight excluding hydrogens is 250 g/mol. The van der Waals surface area contributed by atoms with Crippen molar-refractivity contribution in [1.82, 2.24) is 0 Å². The van der Waals surface area contributed by atoms with E-state index in [9.17, 15) is 0 Å². The van der Waals surface area contributed by atoms with Gasteiger partial charge in [-0.25, -0.2) is 0 Å². The lowest BCUT2D eigenvalue weighted by molar-refractivity contribution is 0.123. The molecule has 0 amide bonds. The van der Waals surface area contributed by atoms with E-state index >= 15 is 0 Å². The summed E-state index contributed by atoms with van der Waals surface area (Å²) in [6.07, 6.45) is 7.32. The smallest absolute Gasteiger partial charge is 0.161 e. The summed E-state index contributed by atoms with van der Waals surface area (Å²) < 4.78 is 12.0. The maximum atomic E-state index is 6.26. The standard InChI is InChI=1S/C17H27NO2/c1-2-12-19-16-10-6-7-11-17(16)20-15-9-5-3-4-8-14(15)13-18/h6-7,10-11,14-15H,2-5,8-9,12-13,18H2,1H3. The predicted octanol–water partition coefficient (Wildman–Crippen LogP) is 3.76. The van der Waals surface area contributed by atoms with E-state index in [1.54, 1.807) is 0 Å². The first-order chi connectivity index (χ1) is 9.85. The van der Waals surface area contributed by atoms with Gasteiger partial charge < -0.3 is 15.2 Å². The van der Waals surface area contributed by atoms with Gasteiger partial charge in [-0.2, -0.15) is 0 Å². The van der Waals surface area contributed by atoms with E-state index in [0.717, 1.165) is 30.9 Å². The number of ether oxygens (including phenoxy) is 2. The first-order valence-electron chi connectivity index (χ1n) is 7.93. The molecule has 0 radical (unpaired) electrons. The Morgan fingerprint density at radius 1 is 1.10 bits per heavy atom. The van der Waals surface area contributed by atoms with Crippen molar-refractivity contribution in [3.63, 3.8) is 0 Å². The molecule has 1 aromatic rings. The zero-order valence-electron chi connectivity index (χ0n) is 12.5. The molecule has 3 nitrogen and oxygen atoms in total. The zero-order chi connectivity index (χ0) is 14.2. The van der Waals surface area contributed by atoms with Crippen LogP contribution in [0.5, 0.6) is 11.5 Å². The Bertz CT molecular complexity index is 394. The van der Waals surface area contributed by atoms with E-state index in [1.807, 2.05) is 24.3 Å². The molecule has 0 saturated heterocycles. The minimum absolute atomic E-state index is 0.230. The van der Waals surface area contributed by atoms with Crippen LogP contribution < -0.4 is 15.2 Å². The van der Waals surface area contributed by atoms with Crippen LogP contribution in [0.25, 0.3) is 0 Å². The summed E-state index contributed by atoms with van der Waals surface area (Å²) in [5, 5.41) is 0. The molecule has 20 heavy (non-hydrogen) atoms. The number of hydrogen-bond acceptors (Lipinski definition) is 3. The average molecular weight is 277 g/mol. The van der Waals surface area contributed by atoms with E-state index in [4.69, 9.17) is 15.2 Å². The van der Waals surface area contributed by atoms with Crippen LogP contribution in [0.4, 0.5) is 0 Å². The maximum absolute atomic E-state index is 6.26. The summed E-state index contributed by atoms with van der Waals surface area (Å²) >= 11 is 0. The Balaban J connectivity index is 2.06. The van der Waals surface area contributed by atoms with Gasteiger partial charge in [0.05, 0.1) is 6.61 Å².